The molecule has 1 saturated carbocycles. The van der Waals surface area contributed by atoms with Gasteiger partial charge in [-0.2, -0.15) is 4.31 Å². The van der Waals surface area contributed by atoms with E-state index < -0.39 is 14.8 Å². The molecule has 5 heteroatoms. The monoisotopic (exact) mass is 248 g/mol. The van der Waals surface area contributed by atoms with Crippen LogP contribution >= 0.6 is 0 Å². The molecule has 1 aliphatic carbocycles. The van der Waals surface area contributed by atoms with Crippen molar-refractivity contribution in [2.75, 3.05) is 13.1 Å². The van der Waals surface area contributed by atoms with E-state index in [9.17, 15) is 8.42 Å². The summed E-state index contributed by atoms with van der Waals surface area (Å²) in [5.74, 6) is 0. The minimum absolute atomic E-state index is 0.174. The van der Waals surface area contributed by atoms with Crippen molar-refractivity contribution in [3.05, 3.63) is 0 Å². The number of sulfonamides is 1. The van der Waals surface area contributed by atoms with Gasteiger partial charge in [0.1, 0.15) is 0 Å². The normalized spacial score (nSPS) is 19.6. The second-order valence-corrected chi connectivity index (χ2v) is 8.10. The van der Waals surface area contributed by atoms with E-state index in [0.29, 0.717) is 13.1 Å². The summed E-state index contributed by atoms with van der Waals surface area (Å²) in [7, 11) is -3.23. The Balaban J connectivity index is 2.92. The Kier molecular flexibility index (Phi) is 4.37. The molecule has 4 nitrogen and oxygen atoms in total. The van der Waals surface area contributed by atoms with E-state index in [1.54, 1.807) is 25.1 Å². The lowest BCUT2D eigenvalue weighted by Crippen LogP contribution is -2.49. The molecule has 0 saturated heterocycles. The molecule has 1 rings (SSSR count). The van der Waals surface area contributed by atoms with E-state index >= 15 is 0 Å². The molecule has 16 heavy (non-hydrogen) atoms. The molecule has 0 amide bonds. The molecule has 0 radical (unpaired) electrons. The van der Waals surface area contributed by atoms with Gasteiger partial charge in [0.25, 0.3) is 0 Å². The fourth-order valence-electron chi connectivity index (χ4n) is 2.17. The molecule has 0 unspecified atom stereocenters. The number of hydrogen-bond donors (Lipinski definition) is 1. The van der Waals surface area contributed by atoms with Gasteiger partial charge in [0.05, 0.1) is 4.75 Å². The van der Waals surface area contributed by atoms with Crippen LogP contribution in [0, 0.1) is 0 Å². The van der Waals surface area contributed by atoms with Gasteiger partial charge >= 0.3 is 0 Å². The molecule has 96 valence electrons. The Morgan fingerprint density at radius 2 is 1.75 bits per heavy atom. The maximum absolute atomic E-state index is 12.4. The predicted octanol–water partition coefficient (Wildman–Crippen LogP) is 1.32. The van der Waals surface area contributed by atoms with Gasteiger partial charge in [-0.25, -0.2) is 8.42 Å². The van der Waals surface area contributed by atoms with Gasteiger partial charge < -0.3 is 5.73 Å². The average molecular weight is 248 g/mol. The van der Waals surface area contributed by atoms with Crippen molar-refractivity contribution < 1.29 is 8.42 Å². The van der Waals surface area contributed by atoms with Gasteiger partial charge in [0.2, 0.25) is 10.0 Å². The molecule has 0 bridgehead atoms. The lowest BCUT2D eigenvalue weighted by molar-refractivity contribution is 0.319. The van der Waals surface area contributed by atoms with Crippen LogP contribution in [0.1, 0.15) is 46.5 Å². The van der Waals surface area contributed by atoms with Crippen LogP contribution < -0.4 is 5.73 Å². The minimum Gasteiger partial charge on any atom is -0.329 e. The Morgan fingerprint density at radius 1 is 1.25 bits per heavy atom. The maximum atomic E-state index is 12.4. The minimum atomic E-state index is -3.23. The van der Waals surface area contributed by atoms with E-state index in [-0.39, 0.29) is 6.04 Å². The van der Waals surface area contributed by atoms with Crippen molar-refractivity contribution in [1.29, 1.82) is 0 Å². The molecule has 1 fully saturated rings. The smallest absolute Gasteiger partial charge is 0.219 e. The summed E-state index contributed by atoms with van der Waals surface area (Å²) in [5.41, 5.74) is 5.53. The van der Waals surface area contributed by atoms with Crippen molar-refractivity contribution in [1.82, 2.24) is 4.31 Å². The molecular weight excluding hydrogens is 224 g/mol. The highest BCUT2D eigenvalue weighted by Gasteiger charge is 2.39. The molecular formula is C11H24N2O2S. The lowest BCUT2D eigenvalue weighted by Gasteiger charge is -2.33. The summed E-state index contributed by atoms with van der Waals surface area (Å²) < 4.78 is 25.7. The average Bonchev–Trinajstić information content (AvgIpc) is 2.64. The third-order valence-electron chi connectivity index (χ3n) is 3.16. The third-order valence-corrected chi connectivity index (χ3v) is 5.81. The summed E-state index contributed by atoms with van der Waals surface area (Å²) in [6, 6.07) is 0.174. The Hall–Kier alpha value is -0.130. The molecule has 0 spiro atoms. The fraction of sp³-hybridized carbons (Fsp3) is 1.00. The highest BCUT2D eigenvalue weighted by atomic mass is 32.2. The van der Waals surface area contributed by atoms with Gasteiger partial charge in [-0.05, 0) is 33.6 Å². The van der Waals surface area contributed by atoms with Gasteiger partial charge in [-0.15, -0.1) is 0 Å². The highest BCUT2D eigenvalue weighted by molar-refractivity contribution is 7.90. The van der Waals surface area contributed by atoms with Crippen LogP contribution in [0.3, 0.4) is 0 Å². The zero-order valence-electron chi connectivity index (χ0n) is 10.6. The third kappa shape index (κ3) is 2.76. The highest BCUT2D eigenvalue weighted by Crippen LogP contribution is 2.29. The van der Waals surface area contributed by atoms with Gasteiger partial charge in [-0.1, -0.05) is 12.8 Å². The predicted molar refractivity (Wildman–Crippen MR) is 66.7 cm³/mol. The first-order valence-electron chi connectivity index (χ1n) is 6.02. The van der Waals surface area contributed by atoms with Crippen LogP contribution in [0.15, 0.2) is 0 Å². The standard InChI is InChI=1S/C11H24N2O2S/c1-11(2,3)16(14,15)13(9-8-12)10-6-4-5-7-10/h10H,4-9,12H2,1-3H3. The number of nitrogens with two attached hydrogens (primary N) is 1. The summed E-state index contributed by atoms with van der Waals surface area (Å²) in [5, 5.41) is 0. The van der Waals surface area contributed by atoms with E-state index in [0.717, 1.165) is 25.7 Å². The molecule has 0 atom stereocenters. The van der Waals surface area contributed by atoms with E-state index in [1.807, 2.05) is 0 Å². The number of nitrogens with zero attached hydrogens (tertiary/aromatic N) is 1. The lowest BCUT2D eigenvalue weighted by atomic mass is 10.2. The van der Waals surface area contributed by atoms with Crippen molar-refractivity contribution in [2.45, 2.75) is 57.2 Å². The molecule has 1 aliphatic rings. The van der Waals surface area contributed by atoms with Crippen LogP contribution in [0.4, 0.5) is 0 Å². The SMILES string of the molecule is CC(C)(C)S(=O)(=O)N(CCN)C1CCCC1. The Labute approximate surface area is 99.2 Å². The Bertz CT molecular complexity index is 313. The van der Waals surface area contributed by atoms with Crippen LogP contribution in [0.2, 0.25) is 0 Å². The van der Waals surface area contributed by atoms with Crippen molar-refractivity contribution in [3.8, 4) is 0 Å². The molecule has 0 aromatic rings. The van der Waals surface area contributed by atoms with Crippen LogP contribution in [0.25, 0.3) is 0 Å². The van der Waals surface area contributed by atoms with Crippen LogP contribution in [-0.4, -0.2) is 36.6 Å². The molecule has 2 N–H and O–H groups in total. The van der Waals surface area contributed by atoms with Crippen molar-refractivity contribution in [2.24, 2.45) is 5.73 Å². The zero-order valence-corrected chi connectivity index (χ0v) is 11.4. The first-order valence-corrected chi connectivity index (χ1v) is 7.46. The second kappa shape index (κ2) is 5.02. The first kappa shape index (κ1) is 13.9. The fourth-order valence-corrected chi connectivity index (χ4v) is 3.82. The molecule has 0 aliphatic heterocycles. The van der Waals surface area contributed by atoms with Gasteiger partial charge in [-0.3, -0.25) is 0 Å². The van der Waals surface area contributed by atoms with Crippen molar-refractivity contribution >= 4 is 10.0 Å². The first-order chi connectivity index (χ1) is 7.30. The van der Waals surface area contributed by atoms with Crippen LogP contribution in [-0.2, 0) is 10.0 Å². The number of hydrogen-bond acceptors (Lipinski definition) is 3. The summed E-state index contributed by atoms with van der Waals surface area (Å²) >= 11 is 0. The summed E-state index contributed by atoms with van der Waals surface area (Å²) in [6.45, 7) is 6.10. The van der Waals surface area contributed by atoms with Gasteiger partial charge in [0, 0.05) is 19.1 Å². The Morgan fingerprint density at radius 3 is 2.12 bits per heavy atom. The quantitative estimate of drug-likeness (QED) is 0.816. The van der Waals surface area contributed by atoms with E-state index in [2.05, 4.69) is 0 Å². The maximum Gasteiger partial charge on any atom is 0.219 e. The topological polar surface area (TPSA) is 63.4 Å². The molecule has 0 aromatic heterocycles. The summed E-state index contributed by atoms with van der Waals surface area (Å²) in [4.78, 5) is 0. The van der Waals surface area contributed by atoms with Crippen molar-refractivity contribution in [3.63, 3.8) is 0 Å². The van der Waals surface area contributed by atoms with Crippen LogP contribution in [0.5, 0.6) is 0 Å². The summed E-state index contributed by atoms with van der Waals surface area (Å²) in [6.07, 6.45) is 4.22. The number of rotatable bonds is 4. The molecule has 0 heterocycles. The van der Waals surface area contributed by atoms with E-state index in [4.69, 9.17) is 5.73 Å². The molecule has 0 aromatic carbocycles. The second-order valence-electron chi connectivity index (χ2n) is 5.46. The van der Waals surface area contributed by atoms with Gasteiger partial charge in [0.15, 0.2) is 0 Å². The van der Waals surface area contributed by atoms with E-state index in [1.165, 1.54) is 0 Å². The zero-order chi connectivity index (χ0) is 12.4. The largest absolute Gasteiger partial charge is 0.329 e.